The molecule has 3 aromatic rings. The van der Waals surface area contributed by atoms with Crippen LogP contribution in [0.3, 0.4) is 0 Å². The van der Waals surface area contributed by atoms with Crippen molar-refractivity contribution >= 4 is 16.6 Å². The van der Waals surface area contributed by atoms with Crippen molar-refractivity contribution in [3.05, 3.63) is 40.4 Å². The minimum Gasteiger partial charge on any atom is -0.340 e. The van der Waals surface area contributed by atoms with Gasteiger partial charge in [0, 0.05) is 24.5 Å². The third-order valence-electron chi connectivity index (χ3n) is 5.34. The summed E-state index contributed by atoms with van der Waals surface area (Å²) in [6, 6.07) is 8.11. The van der Waals surface area contributed by atoms with Crippen molar-refractivity contribution in [3.63, 3.8) is 0 Å². The Balaban J connectivity index is 1.88. The standard InChI is InChI=1S/C20H22N6O/c1-3-18-16-10-13(7-8-15(16)19(27)24-23-18)17-12-22-25(2)20(17)26-9-5-4-6-14(26)11-21/h7-8,10,12,14H,3-6,9H2,1-2H3,(H,24,27)/t14-/m0/s1. The predicted octanol–water partition coefficient (Wildman–Crippen LogP) is 2.77. The van der Waals surface area contributed by atoms with E-state index in [0.717, 1.165) is 60.3 Å². The molecule has 0 bridgehead atoms. The van der Waals surface area contributed by atoms with Crippen LogP contribution in [-0.2, 0) is 13.5 Å². The van der Waals surface area contributed by atoms with E-state index >= 15 is 0 Å². The molecule has 27 heavy (non-hydrogen) atoms. The molecule has 4 rings (SSSR count). The second-order valence-corrected chi connectivity index (χ2v) is 6.95. The Morgan fingerprint density at radius 2 is 2.19 bits per heavy atom. The van der Waals surface area contributed by atoms with E-state index in [4.69, 9.17) is 0 Å². The SMILES string of the molecule is CCc1n[nH]c(=O)c2ccc(-c3cnn(C)c3N3CCCC[C@H]3C#N)cc12. The van der Waals surface area contributed by atoms with Crippen LogP contribution >= 0.6 is 0 Å². The van der Waals surface area contributed by atoms with E-state index in [2.05, 4.69) is 26.3 Å². The molecule has 1 saturated heterocycles. The summed E-state index contributed by atoms with van der Waals surface area (Å²) in [7, 11) is 1.91. The van der Waals surface area contributed by atoms with Crippen LogP contribution < -0.4 is 10.5 Å². The Kier molecular flexibility index (Phi) is 4.40. The second kappa shape index (κ2) is 6.88. The van der Waals surface area contributed by atoms with Crippen LogP contribution in [0.5, 0.6) is 0 Å². The van der Waals surface area contributed by atoms with Gasteiger partial charge in [0.2, 0.25) is 0 Å². The number of piperidine rings is 1. The van der Waals surface area contributed by atoms with Crippen molar-refractivity contribution in [1.82, 2.24) is 20.0 Å². The number of aryl methyl sites for hydroxylation is 2. The van der Waals surface area contributed by atoms with E-state index in [1.54, 1.807) is 0 Å². The molecule has 3 heterocycles. The Hall–Kier alpha value is -3.14. The molecule has 1 atom stereocenters. The summed E-state index contributed by atoms with van der Waals surface area (Å²) in [5.74, 6) is 0.955. The fourth-order valence-corrected chi connectivity index (χ4v) is 3.95. The topological polar surface area (TPSA) is 90.6 Å². The summed E-state index contributed by atoms with van der Waals surface area (Å²) in [5.41, 5.74) is 2.64. The molecular formula is C20H22N6O. The van der Waals surface area contributed by atoms with E-state index in [9.17, 15) is 10.1 Å². The average Bonchev–Trinajstić information content (AvgIpc) is 3.09. The van der Waals surface area contributed by atoms with Crippen molar-refractivity contribution in [3.8, 4) is 17.2 Å². The number of H-pyrrole nitrogens is 1. The van der Waals surface area contributed by atoms with Gasteiger partial charge in [0.1, 0.15) is 11.9 Å². The van der Waals surface area contributed by atoms with Crippen LogP contribution in [0.25, 0.3) is 21.9 Å². The van der Waals surface area contributed by atoms with Gasteiger partial charge < -0.3 is 4.90 Å². The van der Waals surface area contributed by atoms with Crippen molar-refractivity contribution in [1.29, 1.82) is 5.26 Å². The van der Waals surface area contributed by atoms with Gasteiger partial charge in [0.25, 0.3) is 5.56 Å². The number of nitriles is 1. The summed E-state index contributed by atoms with van der Waals surface area (Å²) in [6.07, 6.45) is 5.59. The third kappa shape index (κ3) is 2.87. The van der Waals surface area contributed by atoms with E-state index in [1.165, 1.54) is 0 Å². The Bertz CT molecular complexity index is 1090. The monoisotopic (exact) mass is 362 g/mol. The highest BCUT2D eigenvalue weighted by Crippen LogP contribution is 2.35. The summed E-state index contributed by atoms with van der Waals surface area (Å²) in [4.78, 5) is 14.3. The fraction of sp³-hybridized carbons (Fsp3) is 0.400. The highest BCUT2D eigenvalue weighted by Gasteiger charge is 2.27. The summed E-state index contributed by atoms with van der Waals surface area (Å²) >= 11 is 0. The lowest BCUT2D eigenvalue weighted by Crippen LogP contribution is -2.40. The first-order chi connectivity index (χ1) is 13.1. The van der Waals surface area contributed by atoms with E-state index < -0.39 is 0 Å². The molecule has 0 amide bonds. The molecule has 1 aliphatic rings. The second-order valence-electron chi connectivity index (χ2n) is 6.95. The zero-order valence-electron chi connectivity index (χ0n) is 15.6. The van der Waals surface area contributed by atoms with Gasteiger partial charge >= 0.3 is 0 Å². The molecule has 138 valence electrons. The van der Waals surface area contributed by atoms with Crippen LogP contribution in [0.1, 0.15) is 31.9 Å². The zero-order valence-corrected chi connectivity index (χ0v) is 15.6. The predicted molar refractivity (Wildman–Crippen MR) is 105 cm³/mol. The quantitative estimate of drug-likeness (QED) is 0.774. The number of fused-ring (bicyclic) bond motifs is 1. The Morgan fingerprint density at radius 1 is 1.33 bits per heavy atom. The molecule has 7 nitrogen and oxygen atoms in total. The van der Waals surface area contributed by atoms with Crippen LogP contribution in [0.4, 0.5) is 5.82 Å². The van der Waals surface area contributed by atoms with Crippen molar-refractivity contribution in [2.75, 3.05) is 11.4 Å². The van der Waals surface area contributed by atoms with Crippen LogP contribution in [0.15, 0.2) is 29.2 Å². The minimum absolute atomic E-state index is 0.135. The smallest absolute Gasteiger partial charge is 0.272 e. The molecule has 0 spiro atoms. The van der Waals surface area contributed by atoms with Gasteiger partial charge in [0.05, 0.1) is 23.3 Å². The number of benzene rings is 1. The van der Waals surface area contributed by atoms with Crippen LogP contribution in [0, 0.1) is 11.3 Å². The van der Waals surface area contributed by atoms with Crippen LogP contribution in [0.2, 0.25) is 0 Å². The van der Waals surface area contributed by atoms with E-state index in [0.29, 0.717) is 5.39 Å². The highest BCUT2D eigenvalue weighted by molar-refractivity contribution is 5.90. The summed E-state index contributed by atoms with van der Waals surface area (Å²) < 4.78 is 1.84. The van der Waals surface area contributed by atoms with E-state index in [-0.39, 0.29) is 11.6 Å². The maximum Gasteiger partial charge on any atom is 0.272 e. The number of rotatable bonds is 3. The molecule has 1 aliphatic heterocycles. The molecule has 1 N–H and O–H groups in total. The van der Waals surface area contributed by atoms with Gasteiger partial charge in [-0.25, -0.2) is 5.10 Å². The molecule has 1 aromatic carbocycles. The zero-order chi connectivity index (χ0) is 19.0. The van der Waals surface area contributed by atoms with E-state index in [1.807, 2.05) is 43.0 Å². The largest absolute Gasteiger partial charge is 0.340 e. The molecular weight excluding hydrogens is 340 g/mol. The normalized spacial score (nSPS) is 17.2. The lowest BCUT2D eigenvalue weighted by atomic mass is 9.99. The Labute approximate surface area is 157 Å². The van der Waals surface area contributed by atoms with Gasteiger partial charge in [-0.05, 0) is 43.4 Å². The van der Waals surface area contributed by atoms with Crippen molar-refractivity contribution in [2.45, 2.75) is 38.6 Å². The van der Waals surface area contributed by atoms with Crippen molar-refractivity contribution < 1.29 is 0 Å². The maximum absolute atomic E-state index is 12.1. The molecule has 2 aromatic heterocycles. The maximum atomic E-state index is 12.1. The number of hydrogen-bond acceptors (Lipinski definition) is 5. The molecule has 0 unspecified atom stereocenters. The lowest BCUT2D eigenvalue weighted by Gasteiger charge is -2.33. The number of nitrogens with one attached hydrogen (secondary N) is 1. The average molecular weight is 362 g/mol. The number of nitrogens with zero attached hydrogens (tertiary/aromatic N) is 5. The summed E-state index contributed by atoms with van der Waals surface area (Å²) in [5, 5.41) is 22.3. The third-order valence-corrected chi connectivity index (χ3v) is 5.34. The Morgan fingerprint density at radius 3 is 2.96 bits per heavy atom. The molecule has 1 fully saturated rings. The van der Waals surface area contributed by atoms with Gasteiger partial charge in [-0.15, -0.1) is 0 Å². The first-order valence-electron chi connectivity index (χ1n) is 9.34. The number of anilines is 1. The minimum atomic E-state index is -0.180. The van der Waals surface area contributed by atoms with Gasteiger partial charge in [-0.1, -0.05) is 13.0 Å². The van der Waals surface area contributed by atoms with Gasteiger partial charge in [-0.3, -0.25) is 9.48 Å². The molecule has 0 saturated carbocycles. The first-order valence-corrected chi connectivity index (χ1v) is 9.34. The highest BCUT2D eigenvalue weighted by atomic mass is 16.1. The number of hydrogen-bond donors (Lipinski definition) is 1. The first kappa shape index (κ1) is 17.3. The number of aromatic nitrogens is 4. The van der Waals surface area contributed by atoms with Crippen molar-refractivity contribution in [2.24, 2.45) is 7.05 Å². The molecule has 0 radical (unpaired) electrons. The van der Waals surface area contributed by atoms with Crippen LogP contribution in [-0.4, -0.2) is 32.6 Å². The van der Waals surface area contributed by atoms with Gasteiger partial charge in [0.15, 0.2) is 0 Å². The number of aromatic amines is 1. The summed E-state index contributed by atoms with van der Waals surface area (Å²) in [6.45, 7) is 2.87. The molecule has 7 heteroatoms. The fourth-order valence-electron chi connectivity index (χ4n) is 3.95. The lowest BCUT2D eigenvalue weighted by molar-refractivity contribution is 0.508. The molecule has 0 aliphatic carbocycles. The van der Waals surface area contributed by atoms with Gasteiger partial charge in [-0.2, -0.15) is 15.5 Å².